The van der Waals surface area contributed by atoms with Gasteiger partial charge in [0.25, 0.3) is 0 Å². The normalized spacial score (nSPS) is 10.6. The van der Waals surface area contributed by atoms with Crippen LogP contribution in [0.3, 0.4) is 0 Å². The second-order valence-corrected chi connectivity index (χ2v) is 2.98. The Hall–Kier alpha value is -1.91. The maximum atomic E-state index is 10.9. The zero-order valence-corrected chi connectivity index (χ0v) is 7.77. The highest BCUT2D eigenvalue weighted by Gasteiger charge is 2.06. The second kappa shape index (κ2) is 3.10. The van der Waals surface area contributed by atoms with Crippen LogP contribution in [-0.2, 0) is 6.42 Å². The molecule has 72 valence electrons. The van der Waals surface area contributed by atoms with Gasteiger partial charge in [-0.2, -0.15) is 0 Å². The topological polar surface area (TPSA) is 73.3 Å². The average Bonchev–Trinajstić information content (AvgIpc) is 2.59. The summed E-state index contributed by atoms with van der Waals surface area (Å²) in [6.07, 6.45) is 2.43. The van der Waals surface area contributed by atoms with Crippen LogP contribution >= 0.6 is 0 Å². The van der Waals surface area contributed by atoms with Crippen LogP contribution in [0, 0.1) is 0 Å². The summed E-state index contributed by atoms with van der Waals surface area (Å²) in [6.45, 7) is 1.98. The lowest BCUT2D eigenvalue weighted by Gasteiger charge is -1.98. The van der Waals surface area contributed by atoms with Gasteiger partial charge in [-0.3, -0.25) is 9.20 Å². The standard InChI is InChI=1S/C9H10N4O/c1-2-7-11-12-8-4-3-6(9(10)14)5-13(7)8/h3-5H,2H2,1H3,(H2,10,14). The Kier molecular flexibility index (Phi) is 1.92. The van der Waals surface area contributed by atoms with Crippen molar-refractivity contribution in [3.63, 3.8) is 0 Å². The van der Waals surface area contributed by atoms with Gasteiger partial charge in [0, 0.05) is 12.6 Å². The third-order valence-electron chi connectivity index (χ3n) is 2.07. The summed E-state index contributed by atoms with van der Waals surface area (Å²) >= 11 is 0. The number of aryl methyl sites for hydroxylation is 1. The van der Waals surface area contributed by atoms with Crippen molar-refractivity contribution in [3.05, 3.63) is 29.7 Å². The molecule has 5 heteroatoms. The first kappa shape index (κ1) is 8.68. The molecule has 2 rings (SSSR count). The molecule has 0 spiro atoms. The van der Waals surface area contributed by atoms with Gasteiger partial charge in [0.1, 0.15) is 5.82 Å². The number of nitrogens with two attached hydrogens (primary N) is 1. The fourth-order valence-corrected chi connectivity index (χ4v) is 1.33. The Morgan fingerprint density at radius 2 is 2.29 bits per heavy atom. The number of nitrogens with zero attached hydrogens (tertiary/aromatic N) is 3. The summed E-state index contributed by atoms with van der Waals surface area (Å²) in [5, 5.41) is 7.93. The van der Waals surface area contributed by atoms with Crippen molar-refractivity contribution in [1.82, 2.24) is 14.6 Å². The zero-order valence-electron chi connectivity index (χ0n) is 7.77. The van der Waals surface area contributed by atoms with E-state index in [1.54, 1.807) is 22.7 Å². The lowest BCUT2D eigenvalue weighted by Crippen LogP contribution is -2.11. The van der Waals surface area contributed by atoms with Crippen LogP contribution in [0.2, 0.25) is 0 Å². The van der Waals surface area contributed by atoms with Crippen molar-refractivity contribution >= 4 is 11.6 Å². The Labute approximate surface area is 80.6 Å². The van der Waals surface area contributed by atoms with Crippen LogP contribution in [0.25, 0.3) is 5.65 Å². The molecule has 2 aromatic heterocycles. The van der Waals surface area contributed by atoms with Crippen LogP contribution in [-0.4, -0.2) is 20.5 Å². The molecule has 2 aromatic rings. The lowest BCUT2D eigenvalue weighted by molar-refractivity contribution is 0.1000. The van der Waals surface area contributed by atoms with Gasteiger partial charge in [-0.25, -0.2) is 0 Å². The van der Waals surface area contributed by atoms with Gasteiger partial charge in [-0.15, -0.1) is 10.2 Å². The van der Waals surface area contributed by atoms with Crippen LogP contribution in [0.1, 0.15) is 23.1 Å². The first-order valence-electron chi connectivity index (χ1n) is 4.36. The van der Waals surface area contributed by atoms with E-state index in [9.17, 15) is 4.79 Å². The first-order valence-corrected chi connectivity index (χ1v) is 4.36. The smallest absolute Gasteiger partial charge is 0.250 e. The minimum absolute atomic E-state index is 0.442. The number of aromatic nitrogens is 3. The number of pyridine rings is 1. The van der Waals surface area contributed by atoms with Crippen molar-refractivity contribution < 1.29 is 4.79 Å². The number of carbonyl (C=O) groups excluding carboxylic acids is 1. The SMILES string of the molecule is CCc1nnc2ccc(C(N)=O)cn12. The number of amides is 1. The van der Waals surface area contributed by atoms with Crippen LogP contribution in [0.5, 0.6) is 0 Å². The Morgan fingerprint density at radius 1 is 1.50 bits per heavy atom. The van der Waals surface area contributed by atoms with E-state index in [1.807, 2.05) is 6.92 Å². The van der Waals surface area contributed by atoms with Crippen LogP contribution in [0.4, 0.5) is 0 Å². The van der Waals surface area contributed by atoms with Gasteiger partial charge >= 0.3 is 0 Å². The first-order chi connectivity index (χ1) is 6.72. The molecular weight excluding hydrogens is 180 g/mol. The molecule has 0 aromatic carbocycles. The molecule has 0 fully saturated rings. The average molecular weight is 190 g/mol. The van der Waals surface area contributed by atoms with Crippen molar-refractivity contribution in [3.8, 4) is 0 Å². The fraction of sp³-hybridized carbons (Fsp3) is 0.222. The minimum Gasteiger partial charge on any atom is -0.366 e. The molecule has 0 bridgehead atoms. The van der Waals surface area contributed by atoms with Crippen molar-refractivity contribution in [1.29, 1.82) is 0 Å². The minimum atomic E-state index is -0.442. The molecular formula is C9H10N4O. The summed E-state index contributed by atoms with van der Waals surface area (Å²) in [7, 11) is 0. The molecule has 0 unspecified atom stereocenters. The molecule has 0 saturated heterocycles. The van der Waals surface area contributed by atoms with E-state index in [1.165, 1.54) is 0 Å². The van der Waals surface area contributed by atoms with E-state index in [2.05, 4.69) is 10.2 Å². The molecule has 0 saturated carbocycles. The highest BCUT2D eigenvalue weighted by Crippen LogP contribution is 2.06. The molecule has 0 aliphatic rings. The third-order valence-corrected chi connectivity index (χ3v) is 2.07. The number of hydrogen-bond donors (Lipinski definition) is 1. The highest BCUT2D eigenvalue weighted by molar-refractivity contribution is 5.92. The zero-order chi connectivity index (χ0) is 10.1. The fourth-order valence-electron chi connectivity index (χ4n) is 1.33. The van der Waals surface area contributed by atoms with Gasteiger partial charge in [-0.05, 0) is 12.1 Å². The number of rotatable bonds is 2. The maximum Gasteiger partial charge on any atom is 0.250 e. The molecule has 0 aliphatic carbocycles. The maximum absolute atomic E-state index is 10.9. The van der Waals surface area contributed by atoms with Crippen molar-refractivity contribution in [2.45, 2.75) is 13.3 Å². The summed E-state index contributed by atoms with van der Waals surface area (Å²) in [4.78, 5) is 10.9. The lowest BCUT2D eigenvalue weighted by atomic mass is 10.2. The molecule has 0 aliphatic heterocycles. The highest BCUT2D eigenvalue weighted by atomic mass is 16.1. The molecule has 14 heavy (non-hydrogen) atoms. The Morgan fingerprint density at radius 3 is 2.93 bits per heavy atom. The molecule has 5 nitrogen and oxygen atoms in total. The molecule has 0 radical (unpaired) electrons. The predicted molar refractivity (Wildman–Crippen MR) is 50.9 cm³/mol. The Bertz CT molecular complexity index is 489. The van der Waals surface area contributed by atoms with Gasteiger partial charge in [0.15, 0.2) is 5.65 Å². The van der Waals surface area contributed by atoms with E-state index in [0.29, 0.717) is 5.56 Å². The van der Waals surface area contributed by atoms with E-state index < -0.39 is 5.91 Å². The van der Waals surface area contributed by atoms with Crippen LogP contribution < -0.4 is 5.73 Å². The molecule has 2 N–H and O–H groups in total. The monoisotopic (exact) mass is 190 g/mol. The third kappa shape index (κ3) is 1.22. The van der Waals surface area contributed by atoms with E-state index in [-0.39, 0.29) is 0 Å². The molecule has 1 amide bonds. The quantitative estimate of drug-likeness (QED) is 0.744. The van der Waals surface area contributed by atoms with Crippen molar-refractivity contribution in [2.75, 3.05) is 0 Å². The molecule has 2 heterocycles. The molecule has 0 atom stereocenters. The van der Waals surface area contributed by atoms with Crippen molar-refractivity contribution in [2.24, 2.45) is 5.73 Å². The van der Waals surface area contributed by atoms with Gasteiger partial charge in [-0.1, -0.05) is 6.92 Å². The van der Waals surface area contributed by atoms with E-state index >= 15 is 0 Å². The second-order valence-electron chi connectivity index (χ2n) is 2.98. The predicted octanol–water partition coefficient (Wildman–Crippen LogP) is 0.391. The summed E-state index contributed by atoms with van der Waals surface area (Å²) in [5.41, 5.74) is 6.37. The van der Waals surface area contributed by atoms with Gasteiger partial charge < -0.3 is 5.73 Å². The van der Waals surface area contributed by atoms with E-state index in [0.717, 1.165) is 17.9 Å². The number of carbonyl (C=O) groups is 1. The summed E-state index contributed by atoms with van der Waals surface area (Å²) < 4.78 is 1.78. The number of primary amides is 1. The summed E-state index contributed by atoms with van der Waals surface area (Å²) in [5.74, 6) is 0.380. The Balaban J connectivity index is 2.67. The van der Waals surface area contributed by atoms with Gasteiger partial charge in [0.2, 0.25) is 5.91 Å². The summed E-state index contributed by atoms with van der Waals surface area (Å²) in [6, 6.07) is 3.37. The number of fused-ring (bicyclic) bond motifs is 1. The van der Waals surface area contributed by atoms with Gasteiger partial charge in [0.05, 0.1) is 5.56 Å². The van der Waals surface area contributed by atoms with E-state index in [4.69, 9.17) is 5.73 Å². The number of hydrogen-bond acceptors (Lipinski definition) is 3. The van der Waals surface area contributed by atoms with Crippen LogP contribution in [0.15, 0.2) is 18.3 Å². The largest absolute Gasteiger partial charge is 0.366 e.